The highest BCUT2D eigenvalue weighted by Gasteiger charge is 2.23. The Kier molecular flexibility index (Phi) is 5.44. The van der Waals surface area contributed by atoms with E-state index < -0.39 is 22.7 Å². The lowest BCUT2D eigenvalue weighted by molar-refractivity contribution is -0.385. The zero-order valence-electron chi connectivity index (χ0n) is 12.8. The minimum atomic E-state index is -1.02. The van der Waals surface area contributed by atoms with Crippen LogP contribution in [0.3, 0.4) is 0 Å². The first kappa shape index (κ1) is 17.4. The van der Waals surface area contributed by atoms with Gasteiger partial charge < -0.3 is 14.7 Å². The fourth-order valence-electron chi connectivity index (χ4n) is 1.99. The average molecular weight is 310 g/mol. The van der Waals surface area contributed by atoms with Gasteiger partial charge in [-0.05, 0) is 13.0 Å². The molecule has 22 heavy (non-hydrogen) atoms. The van der Waals surface area contributed by atoms with Crippen molar-refractivity contribution in [3.63, 3.8) is 0 Å². The Labute approximate surface area is 127 Å². The molecule has 0 aromatic heterocycles. The van der Waals surface area contributed by atoms with Crippen molar-refractivity contribution in [2.24, 2.45) is 5.92 Å². The molecular weight excluding hydrogens is 292 g/mol. The van der Waals surface area contributed by atoms with Crippen LogP contribution in [0.2, 0.25) is 0 Å². The Hall–Kier alpha value is -2.64. The molecule has 0 spiro atoms. The number of carbonyl (C=O) groups is 2. The van der Waals surface area contributed by atoms with Crippen molar-refractivity contribution in [2.75, 3.05) is 20.7 Å². The monoisotopic (exact) mass is 310 g/mol. The Bertz CT molecular complexity index is 614. The molecule has 1 unspecified atom stereocenters. The highest BCUT2D eigenvalue weighted by atomic mass is 16.6. The predicted molar refractivity (Wildman–Crippen MR) is 78.1 cm³/mol. The van der Waals surface area contributed by atoms with Crippen molar-refractivity contribution in [2.45, 2.75) is 13.8 Å². The van der Waals surface area contributed by atoms with Crippen LogP contribution in [0.5, 0.6) is 5.75 Å². The molecule has 8 heteroatoms. The first-order chi connectivity index (χ1) is 10.2. The smallest absolute Gasteiger partial charge is 0.308 e. The molecule has 0 aliphatic heterocycles. The molecule has 0 aliphatic carbocycles. The van der Waals surface area contributed by atoms with Gasteiger partial charge in [-0.2, -0.15) is 0 Å². The topological polar surface area (TPSA) is 110 Å². The molecule has 1 aromatic carbocycles. The summed E-state index contributed by atoms with van der Waals surface area (Å²) in [5.41, 5.74) is 0.183. The van der Waals surface area contributed by atoms with Crippen LogP contribution in [-0.4, -0.2) is 47.5 Å². The van der Waals surface area contributed by atoms with Gasteiger partial charge in [0.25, 0.3) is 11.6 Å². The lowest BCUT2D eigenvalue weighted by atomic mass is 10.1. The average Bonchev–Trinajstić information content (AvgIpc) is 2.46. The third-order valence-electron chi connectivity index (χ3n) is 3.31. The van der Waals surface area contributed by atoms with Crippen LogP contribution in [0.4, 0.5) is 5.69 Å². The van der Waals surface area contributed by atoms with E-state index in [9.17, 15) is 19.7 Å². The van der Waals surface area contributed by atoms with Gasteiger partial charge in [0.1, 0.15) is 5.75 Å². The summed E-state index contributed by atoms with van der Waals surface area (Å²) in [6.45, 7) is 3.00. The molecule has 0 heterocycles. The fourth-order valence-corrected chi connectivity index (χ4v) is 1.99. The minimum Gasteiger partial charge on any atom is -0.496 e. The van der Waals surface area contributed by atoms with Crippen LogP contribution in [0.1, 0.15) is 22.8 Å². The van der Waals surface area contributed by atoms with E-state index in [0.29, 0.717) is 5.56 Å². The van der Waals surface area contributed by atoms with Crippen LogP contribution >= 0.6 is 0 Å². The summed E-state index contributed by atoms with van der Waals surface area (Å²) in [6.07, 6.45) is 0. The molecule has 1 atom stereocenters. The largest absolute Gasteiger partial charge is 0.496 e. The molecule has 1 aromatic rings. The number of benzene rings is 1. The van der Waals surface area contributed by atoms with E-state index in [2.05, 4.69) is 0 Å². The molecule has 120 valence electrons. The quantitative estimate of drug-likeness (QED) is 0.632. The molecule has 0 saturated heterocycles. The summed E-state index contributed by atoms with van der Waals surface area (Å²) in [5.74, 6) is -2.03. The van der Waals surface area contributed by atoms with Crippen molar-refractivity contribution < 1.29 is 24.4 Å². The number of hydrogen-bond donors (Lipinski definition) is 1. The second-order valence-electron chi connectivity index (χ2n) is 5.00. The third-order valence-corrected chi connectivity index (χ3v) is 3.31. The van der Waals surface area contributed by atoms with Crippen LogP contribution < -0.4 is 4.74 Å². The van der Waals surface area contributed by atoms with Crippen LogP contribution in [-0.2, 0) is 4.79 Å². The van der Waals surface area contributed by atoms with Crippen LogP contribution in [0.15, 0.2) is 12.1 Å². The first-order valence-electron chi connectivity index (χ1n) is 6.50. The van der Waals surface area contributed by atoms with E-state index in [0.717, 1.165) is 0 Å². The lowest BCUT2D eigenvalue weighted by Gasteiger charge is -2.20. The molecule has 8 nitrogen and oxygen atoms in total. The summed E-state index contributed by atoms with van der Waals surface area (Å²) in [4.78, 5) is 34.8. The molecule has 0 radical (unpaired) electrons. The van der Waals surface area contributed by atoms with Gasteiger partial charge in [-0.25, -0.2) is 0 Å². The van der Waals surface area contributed by atoms with Gasteiger partial charge in [0.2, 0.25) is 0 Å². The van der Waals surface area contributed by atoms with Crippen molar-refractivity contribution in [1.29, 1.82) is 0 Å². The van der Waals surface area contributed by atoms with Crippen molar-refractivity contribution in [1.82, 2.24) is 4.90 Å². The normalized spacial score (nSPS) is 11.6. The van der Waals surface area contributed by atoms with Gasteiger partial charge in [-0.3, -0.25) is 19.7 Å². The predicted octanol–water partition coefficient (Wildman–Crippen LogP) is 1.70. The van der Waals surface area contributed by atoms with Crippen molar-refractivity contribution in [3.05, 3.63) is 33.4 Å². The Morgan fingerprint density at radius 3 is 2.50 bits per heavy atom. The van der Waals surface area contributed by atoms with Crippen LogP contribution in [0, 0.1) is 23.0 Å². The van der Waals surface area contributed by atoms with E-state index in [-0.39, 0.29) is 23.5 Å². The molecule has 1 amide bonds. The van der Waals surface area contributed by atoms with Gasteiger partial charge in [0.15, 0.2) is 0 Å². The number of rotatable bonds is 6. The minimum absolute atomic E-state index is 0.00183. The van der Waals surface area contributed by atoms with E-state index in [1.807, 2.05) is 0 Å². The number of carboxylic acids is 1. The highest BCUT2D eigenvalue weighted by Crippen LogP contribution is 2.29. The maximum Gasteiger partial charge on any atom is 0.308 e. The molecule has 1 N–H and O–H groups in total. The SMILES string of the molecule is COc1cc(C(=O)N(C)CC(C)C(=O)O)cc([N+](=O)[O-])c1C. The Morgan fingerprint density at radius 1 is 1.45 bits per heavy atom. The third kappa shape index (κ3) is 3.72. The molecular formula is C14H18N2O6. The standard InChI is InChI=1S/C14H18N2O6/c1-8(14(18)19)7-15(3)13(17)10-5-11(16(20)21)9(2)12(6-10)22-4/h5-6,8H,7H2,1-4H3,(H,18,19). The van der Waals surface area contributed by atoms with E-state index >= 15 is 0 Å². The van der Waals surface area contributed by atoms with E-state index in [1.165, 1.54) is 45.0 Å². The highest BCUT2D eigenvalue weighted by molar-refractivity contribution is 5.95. The number of ether oxygens (including phenoxy) is 1. The number of nitro groups is 1. The lowest BCUT2D eigenvalue weighted by Crippen LogP contribution is -2.33. The molecule has 0 aliphatic rings. The summed E-state index contributed by atoms with van der Waals surface area (Å²) in [7, 11) is 2.80. The summed E-state index contributed by atoms with van der Waals surface area (Å²) in [6, 6.07) is 2.58. The number of carboxylic acid groups (broad SMARTS) is 1. The second-order valence-corrected chi connectivity index (χ2v) is 5.00. The van der Waals surface area contributed by atoms with Crippen LogP contribution in [0.25, 0.3) is 0 Å². The summed E-state index contributed by atoms with van der Waals surface area (Å²) < 4.78 is 5.06. The van der Waals surface area contributed by atoms with Gasteiger partial charge in [-0.1, -0.05) is 6.92 Å². The fraction of sp³-hybridized carbons (Fsp3) is 0.429. The van der Waals surface area contributed by atoms with Gasteiger partial charge >= 0.3 is 5.97 Å². The van der Waals surface area contributed by atoms with Crippen molar-refractivity contribution >= 4 is 17.6 Å². The molecule has 0 saturated carbocycles. The maximum absolute atomic E-state index is 12.3. The number of carbonyl (C=O) groups excluding carboxylic acids is 1. The van der Waals surface area contributed by atoms with Gasteiger partial charge in [0, 0.05) is 19.7 Å². The van der Waals surface area contributed by atoms with Crippen molar-refractivity contribution in [3.8, 4) is 5.75 Å². The number of aliphatic carboxylic acids is 1. The number of methoxy groups -OCH3 is 1. The Morgan fingerprint density at radius 2 is 2.05 bits per heavy atom. The maximum atomic E-state index is 12.3. The van der Waals surface area contributed by atoms with E-state index in [1.54, 1.807) is 0 Å². The molecule has 0 bridgehead atoms. The number of hydrogen-bond acceptors (Lipinski definition) is 5. The first-order valence-corrected chi connectivity index (χ1v) is 6.50. The van der Waals surface area contributed by atoms with Gasteiger partial charge in [0.05, 0.1) is 29.1 Å². The number of nitrogens with zero attached hydrogens (tertiary/aromatic N) is 2. The summed E-state index contributed by atoms with van der Waals surface area (Å²) in [5, 5.41) is 19.9. The second kappa shape index (κ2) is 6.88. The zero-order chi connectivity index (χ0) is 17.0. The zero-order valence-corrected chi connectivity index (χ0v) is 12.8. The van der Waals surface area contributed by atoms with E-state index in [4.69, 9.17) is 9.84 Å². The molecule has 0 fully saturated rings. The summed E-state index contributed by atoms with van der Waals surface area (Å²) >= 11 is 0. The Balaban J connectivity index is 3.15. The van der Waals surface area contributed by atoms with Gasteiger partial charge in [-0.15, -0.1) is 0 Å². The number of amides is 1. The number of nitro benzene ring substituents is 1. The molecule has 1 rings (SSSR count).